The van der Waals surface area contributed by atoms with Gasteiger partial charge >= 0.3 is 0 Å². The maximum Gasteiger partial charge on any atom is 0.251 e. The van der Waals surface area contributed by atoms with Crippen LogP contribution in [0.2, 0.25) is 0 Å². The monoisotopic (exact) mass is 488 g/mol. The number of carbonyl (C=O) groups excluding carboxylic acids is 1. The molecule has 1 amide bonds. The molecule has 1 aliphatic heterocycles. The lowest BCUT2D eigenvalue weighted by Gasteiger charge is -2.24. The molecular formula is C20H33IN4O2. The SMILES string of the molecule is CCC(C)NC(=O)c1ccc(CNC(=NC)NCC2(C)CCCO2)cc1.I. The molecule has 3 N–H and O–H groups in total. The van der Waals surface area contributed by atoms with E-state index >= 15 is 0 Å². The van der Waals surface area contributed by atoms with Crippen LogP contribution in [0.4, 0.5) is 0 Å². The molecular weight excluding hydrogens is 455 g/mol. The van der Waals surface area contributed by atoms with Crippen molar-refractivity contribution in [2.24, 2.45) is 4.99 Å². The predicted molar refractivity (Wildman–Crippen MR) is 121 cm³/mol. The second-order valence-electron chi connectivity index (χ2n) is 7.16. The Morgan fingerprint density at radius 3 is 2.56 bits per heavy atom. The van der Waals surface area contributed by atoms with Crippen LogP contribution < -0.4 is 16.0 Å². The van der Waals surface area contributed by atoms with Crippen LogP contribution in [-0.2, 0) is 11.3 Å². The molecule has 0 saturated carbocycles. The summed E-state index contributed by atoms with van der Waals surface area (Å²) in [7, 11) is 1.76. The Morgan fingerprint density at radius 2 is 2.00 bits per heavy atom. The molecule has 0 bridgehead atoms. The third kappa shape index (κ3) is 7.65. The number of nitrogens with zero attached hydrogens (tertiary/aromatic N) is 1. The van der Waals surface area contributed by atoms with Gasteiger partial charge in [0.2, 0.25) is 0 Å². The van der Waals surface area contributed by atoms with Crippen LogP contribution in [0.15, 0.2) is 29.3 Å². The number of hydrogen-bond acceptors (Lipinski definition) is 3. The van der Waals surface area contributed by atoms with E-state index in [-0.39, 0.29) is 41.5 Å². The maximum absolute atomic E-state index is 12.1. The fraction of sp³-hybridized carbons (Fsp3) is 0.600. The number of hydrogen-bond donors (Lipinski definition) is 3. The quantitative estimate of drug-likeness (QED) is 0.314. The summed E-state index contributed by atoms with van der Waals surface area (Å²) in [6.45, 7) is 8.40. The van der Waals surface area contributed by atoms with Crippen LogP contribution in [0.1, 0.15) is 56.0 Å². The minimum absolute atomic E-state index is 0. The van der Waals surface area contributed by atoms with Gasteiger partial charge in [0, 0.05) is 38.3 Å². The summed E-state index contributed by atoms with van der Waals surface area (Å²) in [6, 6.07) is 7.83. The van der Waals surface area contributed by atoms with Gasteiger partial charge in [0.15, 0.2) is 5.96 Å². The Balaban J connectivity index is 0.00000364. The average molecular weight is 488 g/mol. The van der Waals surface area contributed by atoms with E-state index in [4.69, 9.17) is 4.74 Å². The molecule has 0 aromatic heterocycles. The number of nitrogens with one attached hydrogen (secondary N) is 3. The Labute approximate surface area is 179 Å². The first-order valence-corrected chi connectivity index (χ1v) is 9.44. The number of guanidine groups is 1. The molecule has 2 atom stereocenters. The first-order valence-electron chi connectivity index (χ1n) is 9.44. The molecule has 6 nitrogen and oxygen atoms in total. The molecule has 7 heteroatoms. The zero-order chi connectivity index (χ0) is 19.0. The largest absolute Gasteiger partial charge is 0.373 e. The van der Waals surface area contributed by atoms with E-state index in [1.165, 1.54) is 0 Å². The van der Waals surface area contributed by atoms with Gasteiger partial charge < -0.3 is 20.7 Å². The zero-order valence-electron chi connectivity index (χ0n) is 16.8. The van der Waals surface area contributed by atoms with Crippen LogP contribution in [-0.4, -0.2) is 43.7 Å². The molecule has 1 aliphatic rings. The molecule has 2 rings (SSSR count). The van der Waals surface area contributed by atoms with Gasteiger partial charge in [-0.15, -0.1) is 24.0 Å². The predicted octanol–water partition coefficient (Wildman–Crippen LogP) is 3.07. The molecule has 1 aromatic rings. The van der Waals surface area contributed by atoms with E-state index in [0.717, 1.165) is 43.9 Å². The van der Waals surface area contributed by atoms with Gasteiger partial charge in [-0.25, -0.2) is 0 Å². The van der Waals surface area contributed by atoms with E-state index in [0.29, 0.717) is 12.1 Å². The highest BCUT2D eigenvalue weighted by atomic mass is 127. The number of ether oxygens (including phenoxy) is 1. The molecule has 1 aromatic carbocycles. The molecule has 27 heavy (non-hydrogen) atoms. The molecule has 1 saturated heterocycles. The number of benzene rings is 1. The van der Waals surface area contributed by atoms with Gasteiger partial charge in [-0.2, -0.15) is 0 Å². The second kappa shape index (κ2) is 11.5. The fourth-order valence-electron chi connectivity index (χ4n) is 2.84. The number of rotatable bonds is 7. The van der Waals surface area contributed by atoms with E-state index in [9.17, 15) is 4.79 Å². The minimum Gasteiger partial charge on any atom is -0.373 e. The molecule has 1 fully saturated rings. The Hall–Kier alpha value is -1.35. The van der Waals surface area contributed by atoms with Gasteiger partial charge in [-0.1, -0.05) is 19.1 Å². The van der Waals surface area contributed by atoms with Gasteiger partial charge in [0.1, 0.15) is 0 Å². The lowest BCUT2D eigenvalue weighted by atomic mass is 10.0. The topological polar surface area (TPSA) is 74.8 Å². The lowest BCUT2D eigenvalue weighted by molar-refractivity contribution is 0.0243. The first-order chi connectivity index (χ1) is 12.5. The summed E-state index contributed by atoms with van der Waals surface area (Å²) in [5.41, 5.74) is 1.67. The van der Waals surface area contributed by atoms with Crippen molar-refractivity contribution < 1.29 is 9.53 Å². The van der Waals surface area contributed by atoms with Crippen molar-refractivity contribution in [3.05, 3.63) is 35.4 Å². The fourth-order valence-corrected chi connectivity index (χ4v) is 2.84. The normalized spacial score (nSPS) is 20.5. The molecule has 1 heterocycles. The minimum atomic E-state index is -0.109. The highest BCUT2D eigenvalue weighted by Crippen LogP contribution is 2.23. The van der Waals surface area contributed by atoms with Crippen molar-refractivity contribution in [3.63, 3.8) is 0 Å². The number of amides is 1. The number of halogens is 1. The molecule has 152 valence electrons. The van der Waals surface area contributed by atoms with Crippen molar-refractivity contribution >= 4 is 35.8 Å². The van der Waals surface area contributed by atoms with Crippen LogP contribution in [0, 0.1) is 0 Å². The molecule has 0 radical (unpaired) electrons. The van der Waals surface area contributed by atoms with Crippen LogP contribution in [0.25, 0.3) is 0 Å². The van der Waals surface area contributed by atoms with E-state index < -0.39 is 0 Å². The van der Waals surface area contributed by atoms with Gasteiger partial charge in [-0.05, 0) is 50.8 Å². The highest BCUT2D eigenvalue weighted by molar-refractivity contribution is 14.0. The third-order valence-electron chi connectivity index (χ3n) is 4.82. The first kappa shape index (κ1) is 23.7. The van der Waals surface area contributed by atoms with Crippen molar-refractivity contribution in [2.45, 2.75) is 58.2 Å². The molecule has 0 spiro atoms. The summed E-state index contributed by atoms with van der Waals surface area (Å²) in [6.07, 6.45) is 3.10. The summed E-state index contributed by atoms with van der Waals surface area (Å²) < 4.78 is 5.79. The van der Waals surface area contributed by atoms with Crippen LogP contribution in [0.3, 0.4) is 0 Å². The van der Waals surface area contributed by atoms with E-state index in [1.54, 1.807) is 7.05 Å². The van der Waals surface area contributed by atoms with Crippen molar-refractivity contribution in [3.8, 4) is 0 Å². The summed E-state index contributed by atoms with van der Waals surface area (Å²) in [5.74, 6) is 0.724. The molecule has 2 unspecified atom stereocenters. The van der Waals surface area contributed by atoms with Gasteiger partial charge in [0.25, 0.3) is 5.91 Å². The smallest absolute Gasteiger partial charge is 0.251 e. The van der Waals surface area contributed by atoms with Gasteiger partial charge in [-0.3, -0.25) is 9.79 Å². The van der Waals surface area contributed by atoms with Crippen molar-refractivity contribution in [1.82, 2.24) is 16.0 Å². The van der Waals surface area contributed by atoms with E-state index in [2.05, 4.69) is 34.8 Å². The standard InChI is InChI=1S/C20H32N4O2.HI/c1-5-15(2)24-18(25)17-9-7-16(8-10-17)13-22-19(21-4)23-14-20(3)11-6-12-26-20;/h7-10,15H,5-6,11-14H2,1-4H3,(H,24,25)(H2,21,22,23);1H. The second-order valence-corrected chi connectivity index (χ2v) is 7.16. The van der Waals surface area contributed by atoms with Crippen LogP contribution >= 0.6 is 24.0 Å². The maximum atomic E-state index is 12.1. The Morgan fingerprint density at radius 1 is 1.30 bits per heavy atom. The summed E-state index contributed by atoms with van der Waals surface area (Å²) >= 11 is 0. The lowest BCUT2D eigenvalue weighted by Crippen LogP contribution is -2.45. The zero-order valence-corrected chi connectivity index (χ0v) is 19.1. The Kier molecular flexibility index (Phi) is 10.1. The van der Waals surface area contributed by atoms with Crippen molar-refractivity contribution in [2.75, 3.05) is 20.2 Å². The van der Waals surface area contributed by atoms with E-state index in [1.807, 2.05) is 31.2 Å². The molecule has 0 aliphatic carbocycles. The van der Waals surface area contributed by atoms with Crippen molar-refractivity contribution in [1.29, 1.82) is 0 Å². The third-order valence-corrected chi connectivity index (χ3v) is 4.82. The summed E-state index contributed by atoms with van der Waals surface area (Å²) in [5, 5.41) is 9.61. The average Bonchev–Trinajstić information content (AvgIpc) is 3.09. The number of aliphatic imine (C=N–C) groups is 1. The van der Waals surface area contributed by atoms with Gasteiger partial charge in [0.05, 0.1) is 5.60 Å². The number of carbonyl (C=O) groups is 1. The van der Waals surface area contributed by atoms with Crippen LogP contribution in [0.5, 0.6) is 0 Å². The summed E-state index contributed by atoms with van der Waals surface area (Å²) in [4.78, 5) is 16.4. The Bertz CT molecular complexity index is 613. The highest BCUT2D eigenvalue weighted by Gasteiger charge is 2.29.